The van der Waals surface area contributed by atoms with Gasteiger partial charge in [-0.15, -0.1) is 0 Å². The van der Waals surface area contributed by atoms with Gasteiger partial charge in [0, 0.05) is 0 Å². The van der Waals surface area contributed by atoms with Crippen LogP contribution in [-0.4, -0.2) is 36.6 Å². The van der Waals surface area contributed by atoms with E-state index < -0.39 is 36.6 Å². The Morgan fingerprint density at radius 2 is 0.143 bits per heavy atom. The predicted octanol–water partition coefficient (Wildman–Crippen LogP) is -64.7. The second kappa shape index (κ2) is 124. The first kappa shape index (κ1) is 131. The third kappa shape index (κ3) is 293. The molecule has 35 heteroatoms. The molecule has 0 amide bonds. The summed E-state index contributed by atoms with van der Waals surface area (Å²) in [5, 5.41) is 126. The fourth-order valence-corrected chi connectivity index (χ4v) is 0. The Morgan fingerprint density at radius 1 is 0.143 bits per heavy atom. The van der Waals surface area contributed by atoms with Crippen molar-refractivity contribution >= 4 is 36.6 Å². The second-order valence-electron chi connectivity index (χ2n) is 1.44. The van der Waals surface area contributed by atoms with Crippen LogP contribution in [-0.2, 0) is 0 Å². The van der Waals surface area contributed by atoms with Crippen LogP contribution in [0.2, 0.25) is 0 Å². The first-order valence-electron chi connectivity index (χ1n) is 3.54. The maximum absolute atomic E-state index is 8.42. The Labute approximate surface area is 942 Å². The molecule has 0 aromatic carbocycles. The van der Waals surface area contributed by atoms with E-state index in [0.717, 1.165) is 0 Å². The maximum Gasteiger partial charge on any atom is 1.00 e. The summed E-state index contributed by atoms with van der Waals surface area (Å²) in [6.45, 7) is 0. The van der Waals surface area contributed by atoms with Crippen LogP contribution in [0.15, 0.2) is 0 Å². The van der Waals surface area contributed by atoms with E-state index >= 15 is 0 Å². The molecule has 0 aromatic rings. The molecule has 35 heavy (non-hydrogen) atoms. The molecule has 0 rings (SSSR count). The molecule has 0 N–H and O–H groups in total. The summed E-state index contributed by atoms with van der Waals surface area (Å²) < 4.78 is 0. The fourth-order valence-electron chi connectivity index (χ4n) is 0. The van der Waals surface area contributed by atoms with Gasteiger partial charge in [-0.3, -0.25) is 36.6 Å². The largest absolute Gasteiger partial charge is 1.00 e. The normalized spacial score (nSPS) is 3.86. The number of hydrogen-bond donors (Lipinski definition) is 0. The molecule has 0 spiro atoms. The van der Waals surface area contributed by atoms with Gasteiger partial charge < -0.3 is 75.4 Å². The van der Waals surface area contributed by atoms with Crippen LogP contribution < -0.4 is 948 Å². The first-order valence-corrected chi connectivity index (χ1v) is 3.54. The smallest absolute Gasteiger partial charge is 0.907 e. The summed E-state index contributed by atoms with van der Waals surface area (Å²) in [6.07, 6.45) is 0. The molecular weight excluding hydrogens is 1580 g/mol. The third-order valence-electron chi connectivity index (χ3n) is 0. The maximum atomic E-state index is 8.42. The molecule has 0 bridgehead atoms. The van der Waals surface area contributed by atoms with E-state index in [9.17, 15) is 0 Å². The summed E-state index contributed by atoms with van der Waals surface area (Å²) in [4.78, 5) is 0. The van der Waals surface area contributed by atoms with Crippen LogP contribution >= 0.6 is 0 Å². The van der Waals surface area contributed by atoms with Gasteiger partial charge in [0.2, 0.25) is 0 Å². The summed E-state index contributed by atoms with van der Waals surface area (Å²) >= 11 is 0. The minimum atomic E-state index is -2.92. The minimum absolute atomic E-state index is 0. The molecule has 0 aromatic heterocycles. The van der Waals surface area contributed by atoms with Gasteiger partial charge in [-0.25, -0.2) is 0 Å². The SMILES string of the molecule is [O-]B([O-])[O-].[O-]B([O-])[O-].[O-]B([O-])[O-].[O-]B([O-])[O-].[O-]B([O-])[O-].[Rb+].[Rb+].[Rb+].[Rb+].[Rb+].[Rb+].[Rb+].[Rb+].[Rb+].[Rb+].[Rb+].[Rb+].[Rb+].[Rb+].[Rb+]. The molecule has 0 unspecified atom stereocenters. The van der Waals surface area contributed by atoms with Gasteiger partial charge in [0.1, 0.15) is 0 Å². The van der Waals surface area contributed by atoms with Crippen LogP contribution in [0.4, 0.5) is 0 Å². The summed E-state index contributed by atoms with van der Waals surface area (Å²) in [5.74, 6) is 0. The van der Waals surface area contributed by atoms with E-state index in [0.29, 0.717) is 0 Å². The quantitative estimate of drug-likeness (QED) is 0.203. The van der Waals surface area contributed by atoms with Crippen molar-refractivity contribution < 1.29 is 948 Å². The Balaban J connectivity index is -0.00000000403. The van der Waals surface area contributed by atoms with Gasteiger partial charge in [0.05, 0.1) is 0 Å². The standard InChI is InChI=1S/5BO3.15Rb/c5*2-1(3)4;;;;;;;;;;;;;;;/q5*-3;15*+1. The molecule has 0 atom stereocenters. The van der Waals surface area contributed by atoms with E-state index in [1.165, 1.54) is 0 Å². The molecule has 15 nitrogen and oxygen atoms in total. The zero-order chi connectivity index (χ0) is 17.9. The van der Waals surface area contributed by atoms with Gasteiger partial charge in [0.25, 0.3) is 0 Å². The van der Waals surface area contributed by atoms with Crippen molar-refractivity contribution in [1.82, 2.24) is 0 Å². The third-order valence-corrected chi connectivity index (χ3v) is 0. The van der Waals surface area contributed by atoms with Crippen LogP contribution in [0.5, 0.6) is 0 Å². The van der Waals surface area contributed by atoms with Crippen LogP contribution in [0.3, 0.4) is 0 Å². The van der Waals surface area contributed by atoms with Crippen molar-refractivity contribution in [2.45, 2.75) is 0 Å². The molecule has 0 aliphatic heterocycles. The Hall–Kier alpha value is 26.8. The summed E-state index contributed by atoms with van der Waals surface area (Å²) in [5.41, 5.74) is 0. The van der Waals surface area contributed by atoms with Crippen molar-refractivity contribution in [2.75, 3.05) is 0 Å². The molecule has 0 aliphatic carbocycles. The van der Waals surface area contributed by atoms with Crippen molar-refractivity contribution in [3.63, 3.8) is 0 Å². The predicted molar refractivity (Wildman–Crippen MR) is 28.8 cm³/mol. The molecule has 120 valence electrons. The molecule has 0 saturated heterocycles. The zero-order valence-electron chi connectivity index (χ0n) is 24.0. The van der Waals surface area contributed by atoms with E-state index in [1.54, 1.807) is 0 Å². The molecular formula is B5O15Rb15. The number of rotatable bonds is 0. The van der Waals surface area contributed by atoms with Gasteiger partial charge in [-0.2, -0.15) is 0 Å². The van der Waals surface area contributed by atoms with Crippen molar-refractivity contribution in [2.24, 2.45) is 0 Å². The van der Waals surface area contributed by atoms with Crippen molar-refractivity contribution in [3.05, 3.63) is 0 Å². The second-order valence-corrected chi connectivity index (χ2v) is 1.44. The van der Waals surface area contributed by atoms with Crippen molar-refractivity contribution in [1.29, 1.82) is 0 Å². The first-order chi connectivity index (χ1) is 8.66. The zero-order valence-corrected chi connectivity index (χ0v) is 97.8. The summed E-state index contributed by atoms with van der Waals surface area (Å²) in [6, 6.07) is 0. The van der Waals surface area contributed by atoms with Crippen LogP contribution in [0, 0.1) is 0 Å². The topological polar surface area (TPSA) is 346 Å². The molecule has 0 saturated carbocycles. The van der Waals surface area contributed by atoms with E-state index in [2.05, 4.69) is 0 Å². The minimum Gasteiger partial charge on any atom is -0.907 e. The van der Waals surface area contributed by atoms with Crippen molar-refractivity contribution in [3.8, 4) is 0 Å². The summed E-state index contributed by atoms with van der Waals surface area (Å²) in [7, 11) is -14.6. The Morgan fingerprint density at radius 3 is 0.143 bits per heavy atom. The monoisotopic (exact) mass is 1570 g/mol. The van der Waals surface area contributed by atoms with Gasteiger partial charge in [-0.05, 0) is 0 Å². The molecule has 0 radical (unpaired) electrons. The fraction of sp³-hybridized carbons (Fsp3) is 0. The van der Waals surface area contributed by atoms with Crippen LogP contribution in [0.25, 0.3) is 0 Å². The van der Waals surface area contributed by atoms with E-state index in [-0.39, 0.29) is 873 Å². The molecule has 0 fully saturated rings. The van der Waals surface area contributed by atoms with Gasteiger partial charge in [-0.1, -0.05) is 0 Å². The van der Waals surface area contributed by atoms with Gasteiger partial charge >= 0.3 is 873 Å². The average molecular weight is 1580 g/mol. The Bertz CT molecular complexity index is 109. The van der Waals surface area contributed by atoms with E-state index in [1.807, 2.05) is 0 Å². The van der Waals surface area contributed by atoms with Crippen LogP contribution in [0.1, 0.15) is 0 Å². The number of hydrogen-bond acceptors (Lipinski definition) is 15. The molecule has 0 aliphatic rings. The Kier molecular flexibility index (Phi) is 465. The molecule has 0 heterocycles. The van der Waals surface area contributed by atoms with E-state index in [4.69, 9.17) is 75.4 Å². The average Bonchev–Trinajstić information content (AvgIpc) is 1.94. The van der Waals surface area contributed by atoms with Gasteiger partial charge in [0.15, 0.2) is 0 Å².